The molecular formula is C15H17N5S. The highest BCUT2D eigenvalue weighted by molar-refractivity contribution is 7.09. The zero-order valence-corrected chi connectivity index (χ0v) is 12.9. The van der Waals surface area contributed by atoms with Crippen molar-refractivity contribution in [2.45, 2.75) is 32.7 Å². The van der Waals surface area contributed by atoms with E-state index in [4.69, 9.17) is 4.98 Å². The minimum Gasteiger partial charge on any atom is -0.340 e. The molecule has 0 aliphatic carbocycles. The molecule has 0 saturated carbocycles. The van der Waals surface area contributed by atoms with E-state index in [9.17, 15) is 0 Å². The van der Waals surface area contributed by atoms with Crippen LogP contribution in [0.25, 0.3) is 11.0 Å². The zero-order valence-electron chi connectivity index (χ0n) is 12.1. The van der Waals surface area contributed by atoms with Crippen molar-refractivity contribution >= 4 is 27.7 Å². The van der Waals surface area contributed by atoms with Crippen molar-refractivity contribution in [1.29, 1.82) is 0 Å². The fraction of sp³-hybridized carbons (Fsp3) is 0.400. The monoisotopic (exact) mass is 299 g/mol. The molecule has 4 rings (SSSR count). The Balaban J connectivity index is 1.72. The SMILES string of the molecule is Cc1ccc2nc(C3CCCN3c3nc(C)ns3)[nH]c2c1. The summed E-state index contributed by atoms with van der Waals surface area (Å²) in [7, 11) is 0. The maximum absolute atomic E-state index is 4.78. The van der Waals surface area contributed by atoms with Crippen LogP contribution in [0.15, 0.2) is 18.2 Å². The molecule has 1 aromatic carbocycles. The Kier molecular flexibility index (Phi) is 2.92. The predicted molar refractivity (Wildman–Crippen MR) is 84.8 cm³/mol. The second kappa shape index (κ2) is 4.80. The van der Waals surface area contributed by atoms with Crippen LogP contribution in [0, 0.1) is 13.8 Å². The third kappa shape index (κ3) is 2.19. The Hall–Kier alpha value is -1.95. The van der Waals surface area contributed by atoms with E-state index in [1.54, 1.807) is 0 Å². The van der Waals surface area contributed by atoms with Crippen LogP contribution in [-0.2, 0) is 0 Å². The number of anilines is 1. The maximum atomic E-state index is 4.78. The first kappa shape index (κ1) is 12.8. The number of benzene rings is 1. The van der Waals surface area contributed by atoms with Gasteiger partial charge in [0.25, 0.3) is 0 Å². The van der Waals surface area contributed by atoms with Crippen molar-refractivity contribution in [3.63, 3.8) is 0 Å². The molecule has 6 heteroatoms. The zero-order chi connectivity index (χ0) is 14.4. The van der Waals surface area contributed by atoms with E-state index in [-0.39, 0.29) is 6.04 Å². The molecule has 0 spiro atoms. The average molecular weight is 299 g/mol. The van der Waals surface area contributed by atoms with Gasteiger partial charge in [0.15, 0.2) is 0 Å². The molecule has 1 saturated heterocycles. The Morgan fingerprint density at radius 3 is 3.00 bits per heavy atom. The highest BCUT2D eigenvalue weighted by Gasteiger charge is 2.30. The lowest BCUT2D eigenvalue weighted by Crippen LogP contribution is -2.23. The summed E-state index contributed by atoms with van der Waals surface area (Å²) >= 11 is 1.48. The van der Waals surface area contributed by atoms with Gasteiger partial charge in [0.2, 0.25) is 5.13 Å². The van der Waals surface area contributed by atoms with Gasteiger partial charge in [0.05, 0.1) is 17.1 Å². The molecule has 1 aliphatic rings. The number of hydrogen-bond donors (Lipinski definition) is 1. The van der Waals surface area contributed by atoms with Crippen LogP contribution < -0.4 is 4.90 Å². The van der Waals surface area contributed by atoms with Crippen molar-refractivity contribution in [2.75, 3.05) is 11.4 Å². The number of nitrogens with zero attached hydrogens (tertiary/aromatic N) is 4. The lowest BCUT2D eigenvalue weighted by molar-refractivity contribution is 0.677. The molecule has 1 atom stereocenters. The molecule has 1 aliphatic heterocycles. The van der Waals surface area contributed by atoms with Gasteiger partial charge >= 0.3 is 0 Å². The first-order chi connectivity index (χ1) is 10.2. The second-order valence-electron chi connectivity index (χ2n) is 5.62. The maximum Gasteiger partial charge on any atom is 0.205 e. The standard InChI is InChI=1S/C15H17N5S/c1-9-5-6-11-12(8-9)18-14(17-11)13-4-3-7-20(13)15-16-10(2)19-21-15/h5-6,8,13H,3-4,7H2,1-2H3,(H,17,18). The van der Waals surface area contributed by atoms with E-state index in [1.807, 2.05) is 6.92 Å². The van der Waals surface area contributed by atoms with Crippen molar-refractivity contribution in [3.8, 4) is 0 Å². The Bertz CT molecular complexity index is 790. The largest absolute Gasteiger partial charge is 0.340 e. The van der Waals surface area contributed by atoms with Gasteiger partial charge in [-0.2, -0.15) is 4.37 Å². The van der Waals surface area contributed by atoms with Crippen LogP contribution in [-0.4, -0.2) is 25.9 Å². The summed E-state index contributed by atoms with van der Waals surface area (Å²) in [4.78, 5) is 15.1. The number of imidazole rings is 1. The number of H-pyrrole nitrogens is 1. The van der Waals surface area contributed by atoms with Gasteiger partial charge in [0.1, 0.15) is 11.6 Å². The molecule has 2 aromatic heterocycles. The number of aromatic nitrogens is 4. The molecule has 3 aromatic rings. The summed E-state index contributed by atoms with van der Waals surface area (Å²) in [6, 6.07) is 6.62. The lowest BCUT2D eigenvalue weighted by Gasteiger charge is -2.21. The first-order valence-corrected chi connectivity index (χ1v) is 8.01. The Morgan fingerprint density at radius 2 is 2.19 bits per heavy atom. The highest BCUT2D eigenvalue weighted by atomic mass is 32.1. The predicted octanol–water partition coefficient (Wildman–Crippen LogP) is 3.37. The van der Waals surface area contributed by atoms with Crippen molar-refractivity contribution in [1.82, 2.24) is 19.3 Å². The molecule has 108 valence electrons. The normalized spacial score (nSPS) is 18.8. The summed E-state index contributed by atoms with van der Waals surface area (Å²) in [5.74, 6) is 1.89. The van der Waals surface area contributed by atoms with Gasteiger partial charge in [-0.3, -0.25) is 0 Å². The number of nitrogens with one attached hydrogen (secondary N) is 1. The van der Waals surface area contributed by atoms with E-state index in [0.717, 1.165) is 40.8 Å². The molecule has 0 amide bonds. The molecular weight excluding hydrogens is 282 g/mol. The van der Waals surface area contributed by atoms with Crippen molar-refractivity contribution < 1.29 is 0 Å². The average Bonchev–Trinajstić information content (AvgIpc) is 3.14. The topological polar surface area (TPSA) is 57.7 Å². The number of aromatic amines is 1. The third-order valence-electron chi connectivity index (χ3n) is 3.99. The highest BCUT2D eigenvalue weighted by Crippen LogP contribution is 2.36. The molecule has 5 nitrogen and oxygen atoms in total. The van der Waals surface area contributed by atoms with E-state index in [0.29, 0.717) is 0 Å². The first-order valence-electron chi connectivity index (χ1n) is 7.24. The Labute approximate surface area is 127 Å². The third-order valence-corrected chi connectivity index (χ3v) is 4.83. The van der Waals surface area contributed by atoms with Crippen molar-refractivity contribution in [2.24, 2.45) is 0 Å². The van der Waals surface area contributed by atoms with Gasteiger partial charge in [-0.15, -0.1) is 0 Å². The number of fused-ring (bicyclic) bond motifs is 1. The van der Waals surface area contributed by atoms with Crippen LogP contribution in [0.4, 0.5) is 5.13 Å². The van der Waals surface area contributed by atoms with Crippen LogP contribution >= 0.6 is 11.5 Å². The van der Waals surface area contributed by atoms with Gasteiger partial charge < -0.3 is 9.88 Å². The second-order valence-corrected chi connectivity index (χ2v) is 6.35. The van der Waals surface area contributed by atoms with E-state index >= 15 is 0 Å². The summed E-state index contributed by atoms with van der Waals surface area (Å²) < 4.78 is 4.30. The van der Waals surface area contributed by atoms with Crippen LogP contribution in [0.3, 0.4) is 0 Å². The smallest absolute Gasteiger partial charge is 0.205 e. The quantitative estimate of drug-likeness (QED) is 0.788. The van der Waals surface area contributed by atoms with Crippen LogP contribution in [0.1, 0.15) is 36.1 Å². The number of hydrogen-bond acceptors (Lipinski definition) is 5. The molecule has 0 radical (unpaired) electrons. The van der Waals surface area contributed by atoms with Gasteiger partial charge in [-0.25, -0.2) is 9.97 Å². The van der Waals surface area contributed by atoms with Gasteiger partial charge in [-0.05, 0) is 44.4 Å². The van der Waals surface area contributed by atoms with E-state index in [1.165, 1.54) is 23.5 Å². The van der Waals surface area contributed by atoms with Crippen molar-refractivity contribution in [3.05, 3.63) is 35.4 Å². The lowest BCUT2D eigenvalue weighted by atomic mass is 10.2. The molecule has 1 unspecified atom stereocenters. The molecule has 3 heterocycles. The summed E-state index contributed by atoms with van der Waals surface area (Å²) in [5, 5.41) is 1.01. The fourth-order valence-electron chi connectivity index (χ4n) is 2.98. The molecule has 1 fully saturated rings. The minimum atomic E-state index is 0.282. The van der Waals surface area contributed by atoms with E-state index in [2.05, 4.69) is 44.4 Å². The summed E-state index contributed by atoms with van der Waals surface area (Å²) in [6.45, 7) is 5.07. The Morgan fingerprint density at radius 1 is 1.29 bits per heavy atom. The van der Waals surface area contributed by atoms with Crippen LogP contribution in [0.5, 0.6) is 0 Å². The number of aryl methyl sites for hydroxylation is 2. The van der Waals surface area contributed by atoms with Gasteiger partial charge in [-0.1, -0.05) is 6.07 Å². The minimum absolute atomic E-state index is 0.282. The summed E-state index contributed by atoms with van der Waals surface area (Å²) in [6.07, 6.45) is 2.27. The van der Waals surface area contributed by atoms with Crippen LogP contribution in [0.2, 0.25) is 0 Å². The summed E-state index contributed by atoms with van der Waals surface area (Å²) in [5.41, 5.74) is 3.40. The molecule has 21 heavy (non-hydrogen) atoms. The van der Waals surface area contributed by atoms with Gasteiger partial charge in [0, 0.05) is 18.1 Å². The number of rotatable bonds is 2. The fourth-order valence-corrected chi connectivity index (χ4v) is 3.73. The molecule has 1 N–H and O–H groups in total. The van der Waals surface area contributed by atoms with E-state index < -0.39 is 0 Å². The molecule has 0 bridgehead atoms.